The van der Waals surface area contributed by atoms with Crippen LogP contribution in [0.4, 0.5) is 0 Å². The molecule has 59 valence electrons. The summed E-state index contributed by atoms with van der Waals surface area (Å²) in [6, 6.07) is 0. The molecule has 0 saturated carbocycles. The van der Waals surface area contributed by atoms with Crippen molar-refractivity contribution >= 4 is 23.2 Å². The Labute approximate surface area is 73.4 Å². The molecule has 0 amide bonds. The summed E-state index contributed by atoms with van der Waals surface area (Å²) in [6.45, 7) is 0. The minimum atomic E-state index is -0.470. The Kier molecular flexibility index (Phi) is 2.52. The van der Waals surface area contributed by atoms with Crippen LogP contribution in [0, 0.1) is 16.5 Å². The zero-order valence-corrected chi connectivity index (χ0v) is 6.89. The van der Waals surface area contributed by atoms with Crippen molar-refractivity contribution in [1.29, 1.82) is 0 Å². The molecule has 0 spiro atoms. The largest absolute Gasteiger partial charge is 0.259 e. The van der Waals surface area contributed by atoms with Gasteiger partial charge in [-0.25, -0.2) is 0 Å². The predicted molar refractivity (Wildman–Crippen MR) is 42.7 cm³/mol. The summed E-state index contributed by atoms with van der Waals surface area (Å²) in [5.74, 6) is 0. The highest BCUT2D eigenvalue weighted by Crippen LogP contribution is 2.27. The SMILES string of the molecule is O=[N+]([O-])C1=CC(Cl)=C(Cl)[CH]C1. The first kappa shape index (κ1) is 8.56. The lowest BCUT2D eigenvalue weighted by Crippen LogP contribution is -2.02. The molecule has 3 nitrogen and oxygen atoms in total. The average Bonchev–Trinajstić information content (AvgIpc) is 1.94. The molecule has 5 heteroatoms. The minimum Gasteiger partial charge on any atom is -0.259 e. The van der Waals surface area contributed by atoms with E-state index in [1.807, 2.05) is 0 Å². The molecule has 0 unspecified atom stereocenters. The van der Waals surface area contributed by atoms with Crippen LogP contribution in [-0.4, -0.2) is 4.92 Å². The molecular formula is C6H4Cl2NO2. The molecule has 0 atom stereocenters. The molecule has 0 heterocycles. The summed E-state index contributed by atoms with van der Waals surface area (Å²) in [5, 5.41) is 10.8. The second-order valence-electron chi connectivity index (χ2n) is 2.00. The van der Waals surface area contributed by atoms with Crippen LogP contribution in [0.1, 0.15) is 6.42 Å². The van der Waals surface area contributed by atoms with Gasteiger partial charge in [-0.15, -0.1) is 0 Å². The van der Waals surface area contributed by atoms with Gasteiger partial charge in [-0.05, 0) is 0 Å². The molecule has 1 radical (unpaired) electrons. The zero-order valence-electron chi connectivity index (χ0n) is 5.38. The molecule has 0 aromatic carbocycles. The van der Waals surface area contributed by atoms with Crippen molar-refractivity contribution in [2.75, 3.05) is 0 Å². The fourth-order valence-corrected chi connectivity index (χ4v) is 1.03. The maximum Gasteiger partial charge on any atom is 0.248 e. The van der Waals surface area contributed by atoms with Crippen molar-refractivity contribution in [1.82, 2.24) is 0 Å². The van der Waals surface area contributed by atoms with Crippen LogP contribution in [0.5, 0.6) is 0 Å². The number of allylic oxidation sites excluding steroid dienone is 4. The average molecular weight is 193 g/mol. The number of nitrogens with zero attached hydrogens (tertiary/aromatic N) is 1. The summed E-state index contributed by atoms with van der Waals surface area (Å²) in [4.78, 5) is 9.73. The number of rotatable bonds is 1. The van der Waals surface area contributed by atoms with Gasteiger partial charge in [0.25, 0.3) is 0 Å². The van der Waals surface area contributed by atoms with Crippen molar-refractivity contribution in [3.63, 3.8) is 0 Å². The zero-order chi connectivity index (χ0) is 8.43. The maximum atomic E-state index is 10.2. The summed E-state index contributed by atoms with van der Waals surface area (Å²) in [5.41, 5.74) is 0.0689. The third kappa shape index (κ3) is 1.94. The molecule has 0 aliphatic heterocycles. The van der Waals surface area contributed by atoms with E-state index < -0.39 is 4.92 Å². The molecule has 1 aliphatic carbocycles. The molecular weight excluding hydrogens is 189 g/mol. The van der Waals surface area contributed by atoms with Gasteiger partial charge in [-0.2, -0.15) is 0 Å². The Morgan fingerprint density at radius 1 is 1.45 bits per heavy atom. The van der Waals surface area contributed by atoms with Gasteiger partial charge in [0.1, 0.15) is 0 Å². The first-order chi connectivity index (χ1) is 5.11. The van der Waals surface area contributed by atoms with Crippen LogP contribution in [0.3, 0.4) is 0 Å². The molecule has 11 heavy (non-hydrogen) atoms. The molecule has 0 aromatic rings. The van der Waals surface area contributed by atoms with Gasteiger partial charge >= 0.3 is 0 Å². The lowest BCUT2D eigenvalue weighted by Gasteiger charge is -2.04. The minimum absolute atomic E-state index is 0.0689. The van der Waals surface area contributed by atoms with Gasteiger partial charge in [0.2, 0.25) is 5.70 Å². The standard InChI is InChI=1S/C6H4Cl2NO2/c7-5-2-1-4(9(10)11)3-6(5)8/h2-3H,1H2. The highest BCUT2D eigenvalue weighted by atomic mass is 35.5. The van der Waals surface area contributed by atoms with Crippen LogP contribution in [-0.2, 0) is 0 Å². The van der Waals surface area contributed by atoms with E-state index in [1.54, 1.807) is 0 Å². The first-order valence-electron chi connectivity index (χ1n) is 2.84. The molecule has 0 aromatic heterocycles. The van der Waals surface area contributed by atoms with Gasteiger partial charge in [-0.1, -0.05) is 23.2 Å². The van der Waals surface area contributed by atoms with E-state index in [-0.39, 0.29) is 17.2 Å². The van der Waals surface area contributed by atoms with E-state index in [0.29, 0.717) is 5.03 Å². The smallest absolute Gasteiger partial charge is 0.248 e. The topological polar surface area (TPSA) is 43.1 Å². The fraction of sp³-hybridized carbons (Fsp3) is 0.167. The van der Waals surface area contributed by atoms with E-state index in [1.165, 1.54) is 12.5 Å². The summed E-state index contributed by atoms with van der Waals surface area (Å²) < 4.78 is 0. The summed E-state index contributed by atoms with van der Waals surface area (Å²) in [6.07, 6.45) is 3.02. The Bertz CT molecular complexity index is 257. The van der Waals surface area contributed by atoms with Crippen LogP contribution in [0.25, 0.3) is 0 Å². The molecule has 0 saturated heterocycles. The first-order valence-corrected chi connectivity index (χ1v) is 3.60. The normalized spacial score (nSPS) is 18.2. The second-order valence-corrected chi connectivity index (χ2v) is 2.81. The highest BCUT2D eigenvalue weighted by Gasteiger charge is 2.18. The summed E-state index contributed by atoms with van der Waals surface area (Å²) >= 11 is 11.1. The lowest BCUT2D eigenvalue weighted by atomic mass is 10.1. The van der Waals surface area contributed by atoms with E-state index in [2.05, 4.69) is 0 Å². The van der Waals surface area contributed by atoms with Crippen molar-refractivity contribution < 1.29 is 4.92 Å². The maximum absolute atomic E-state index is 10.2. The van der Waals surface area contributed by atoms with E-state index in [9.17, 15) is 10.1 Å². The van der Waals surface area contributed by atoms with Crippen LogP contribution < -0.4 is 0 Å². The van der Waals surface area contributed by atoms with Crippen LogP contribution in [0.15, 0.2) is 21.8 Å². The van der Waals surface area contributed by atoms with Gasteiger partial charge in [0.05, 0.1) is 9.96 Å². The van der Waals surface area contributed by atoms with Gasteiger partial charge in [0, 0.05) is 23.9 Å². The Hall–Kier alpha value is -0.540. The Morgan fingerprint density at radius 2 is 2.09 bits per heavy atom. The molecule has 1 rings (SSSR count). The predicted octanol–water partition coefficient (Wildman–Crippen LogP) is 2.44. The third-order valence-corrected chi connectivity index (χ3v) is 2.01. The molecule has 0 fully saturated rings. The van der Waals surface area contributed by atoms with Crippen LogP contribution >= 0.6 is 23.2 Å². The second kappa shape index (κ2) is 3.24. The fourth-order valence-electron chi connectivity index (χ4n) is 0.693. The highest BCUT2D eigenvalue weighted by molar-refractivity contribution is 6.41. The number of hydrogen-bond donors (Lipinski definition) is 0. The van der Waals surface area contributed by atoms with E-state index in [0.717, 1.165) is 0 Å². The number of nitro groups is 1. The van der Waals surface area contributed by atoms with Crippen molar-refractivity contribution in [3.8, 4) is 0 Å². The lowest BCUT2D eigenvalue weighted by molar-refractivity contribution is -0.427. The van der Waals surface area contributed by atoms with Gasteiger partial charge < -0.3 is 0 Å². The molecule has 0 N–H and O–H groups in total. The monoisotopic (exact) mass is 192 g/mol. The molecule has 1 aliphatic rings. The summed E-state index contributed by atoms with van der Waals surface area (Å²) in [7, 11) is 0. The van der Waals surface area contributed by atoms with Gasteiger partial charge in [-0.3, -0.25) is 10.1 Å². The molecule has 0 bridgehead atoms. The van der Waals surface area contributed by atoms with Crippen molar-refractivity contribution in [2.45, 2.75) is 6.42 Å². The van der Waals surface area contributed by atoms with Crippen molar-refractivity contribution in [2.24, 2.45) is 0 Å². The number of halogens is 2. The number of hydrogen-bond acceptors (Lipinski definition) is 2. The van der Waals surface area contributed by atoms with Crippen LogP contribution in [0.2, 0.25) is 0 Å². The van der Waals surface area contributed by atoms with Gasteiger partial charge in [0.15, 0.2) is 0 Å². The van der Waals surface area contributed by atoms with Crippen molar-refractivity contribution in [3.05, 3.63) is 38.4 Å². The van der Waals surface area contributed by atoms with E-state index in [4.69, 9.17) is 23.2 Å². The Balaban J connectivity index is 2.89. The third-order valence-electron chi connectivity index (χ3n) is 1.25. The Morgan fingerprint density at radius 3 is 2.55 bits per heavy atom. The van der Waals surface area contributed by atoms with E-state index >= 15 is 0 Å². The quantitative estimate of drug-likeness (QED) is 0.474.